The number of benzene rings is 1. The molecule has 92 valence electrons. The topological polar surface area (TPSA) is 68.9 Å². The highest BCUT2D eigenvalue weighted by Crippen LogP contribution is 2.31. The lowest BCUT2D eigenvalue weighted by Gasteiger charge is -2.04. The fraction of sp³-hybridized carbons (Fsp3) is 0. The van der Waals surface area contributed by atoms with Gasteiger partial charge < -0.3 is 0 Å². The predicted octanol–water partition coefficient (Wildman–Crippen LogP) is 3.96. The van der Waals surface area contributed by atoms with Crippen LogP contribution in [-0.4, -0.2) is 14.9 Å². The van der Waals surface area contributed by atoms with E-state index in [1.807, 2.05) is 22.6 Å². The number of rotatable bonds is 2. The first-order valence-corrected chi connectivity index (χ1v) is 6.46. The summed E-state index contributed by atoms with van der Waals surface area (Å²) in [5.74, 6) is 0.137. The Hall–Kier alpha value is -0.990. The molecule has 0 radical (unpaired) electrons. The van der Waals surface area contributed by atoms with Gasteiger partial charge in [0.2, 0.25) is 0 Å². The van der Waals surface area contributed by atoms with E-state index in [4.69, 9.17) is 23.2 Å². The van der Waals surface area contributed by atoms with Crippen molar-refractivity contribution in [1.82, 2.24) is 9.97 Å². The van der Waals surface area contributed by atoms with Crippen LogP contribution in [0.1, 0.15) is 0 Å². The largest absolute Gasteiger partial charge is 0.280 e. The van der Waals surface area contributed by atoms with E-state index >= 15 is 0 Å². The molecule has 1 aromatic carbocycles. The van der Waals surface area contributed by atoms with Gasteiger partial charge >= 0.3 is 0 Å². The molecular formula is C10H4Cl2IN3O2. The van der Waals surface area contributed by atoms with Gasteiger partial charge in [0.15, 0.2) is 5.82 Å². The molecule has 0 saturated carbocycles. The van der Waals surface area contributed by atoms with Crippen molar-refractivity contribution in [1.29, 1.82) is 0 Å². The SMILES string of the molecule is O=[N+]([O-])c1ccccc1-c1nc(Cl)c(I)c(Cl)n1. The van der Waals surface area contributed by atoms with Crippen molar-refractivity contribution in [2.75, 3.05) is 0 Å². The van der Waals surface area contributed by atoms with Gasteiger partial charge in [0.1, 0.15) is 10.3 Å². The van der Waals surface area contributed by atoms with Crippen LogP contribution in [-0.2, 0) is 0 Å². The molecule has 2 aromatic rings. The lowest BCUT2D eigenvalue weighted by atomic mass is 10.1. The maximum atomic E-state index is 10.9. The maximum Gasteiger partial charge on any atom is 0.280 e. The third kappa shape index (κ3) is 2.55. The molecule has 0 N–H and O–H groups in total. The second-order valence-electron chi connectivity index (χ2n) is 3.22. The lowest BCUT2D eigenvalue weighted by Crippen LogP contribution is -1.97. The molecule has 2 rings (SSSR count). The Kier molecular flexibility index (Phi) is 3.98. The Labute approximate surface area is 125 Å². The normalized spacial score (nSPS) is 10.4. The first-order valence-electron chi connectivity index (χ1n) is 4.63. The van der Waals surface area contributed by atoms with E-state index in [2.05, 4.69) is 9.97 Å². The highest BCUT2D eigenvalue weighted by molar-refractivity contribution is 14.1. The van der Waals surface area contributed by atoms with E-state index < -0.39 is 4.92 Å². The Bertz CT molecular complexity index is 613. The number of nitrogens with zero attached hydrogens (tertiary/aromatic N) is 3. The van der Waals surface area contributed by atoms with E-state index in [9.17, 15) is 10.1 Å². The summed E-state index contributed by atoms with van der Waals surface area (Å²) >= 11 is 13.7. The molecule has 1 heterocycles. The summed E-state index contributed by atoms with van der Waals surface area (Å²) in [4.78, 5) is 18.4. The van der Waals surface area contributed by atoms with E-state index in [-0.39, 0.29) is 27.4 Å². The highest BCUT2D eigenvalue weighted by atomic mass is 127. The van der Waals surface area contributed by atoms with Crippen molar-refractivity contribution in [2.45, 2.75) is 0 Å². The first-order chi connectivity index (χ1) is 8.50. The fourth-order valence-electron chi connectivity index (χ4n) is 1.34. The van der Waals surface area contributed by atoms with Crippen LogP contribution in [0.3, 0.4) is 0 Å². The number of hydrogen-bond donors (Lipinski definition) is 0. The van der Waals surface area contributed by atoms with Crippen LogP contribution in [0.15, 0.2) is 24.3 Å². The summed E-state index contributed by atoms with van der Waals surface area (Å²) in [5, 5.41) is 11.3. The van der Waals surface area contributed by atoms with Gasteiger partial charge in [-0.15, -0.1) is 0 Å². The molecule has 0 unspecified atom stereocenters. The van der Waals surface area contributed by atoms with E-state index in [0.29, 0.717) is 3.57 Å². The van der Waals surface area contributed by atoms with Crippen LogP contribution in [0.25, 0.3) is 11.4 Å². The monoisotopic (exact) mass is 395 g/mol. The van der Waals surface area contributed by atoms with Gasteiger partial charge in [-0.2, -0.15) is 0 Å². The van der Waals surface area contributed by atoms with E-state index in [0.717, 1.165) is 0 Å². The quantitative estimate of drug-likeness (QED) is 0.334. The minimum Gasteiger partial charge on any atom is -0.258 e. The zero-order valence-electron chi connectivity index (χ0n) is 8.60. The third-order valence-electron chi connectivity index (χ3n) is 2.11. The van der Waals surface area contributed by atoms with Crippen molar-refractivity contribution in [3.8, 4) is 11.4 Å². The second-order valence-corrected chi connectivity index (χ2v) is 5.01. The minimum atomic E-state index is -0.502. The minimum absolute atomic E-state index is 0.0918. The molecule has 0 spiro atoms. The van der Waals surface area contributed by atoms with Gasteiger partial charge in [0.05, 0.1) is 14.1 Å². The fourth-order valence-corrected chi connectivity index (χ4v) is 1.97. The predicted molar refractivity (Wildman–Crippen MR) is 76.9 cm³/mol. The first kappa shape index (κ1) is 13.4. The molecule has 0 bridgehead atoms. The van der Waals surface area contributed by atoms with Crippen molar-refractivity contribution in [3.05, 3.63) is 48.3 Å². The molecule has 0 fully saturated rings. The van der Waals surface area contributed by atoms with Crippen LogP contribution in [0.5, 0.6) is 0 Å². The lowest BCUT2D eigenvalue weighted by molar-refractivity contribution is -0.384. The summed E-state index contributed by atoms with van der Waals surface area (Å²) in [6.07, 6.45) is 0. The van der Waals surface area contributed by atoms with Gasteiger partial charge in [-0.05, 0) is 28.7 Å². The molecular weight excluding hydrogens is 392 g/mol. The van der Waals surface area contributed by atoms with Gasteiger partial charge in [0, 0.05) is 6.07 Å². The van der Waals surface area contributed by atoms with Gasteiger partial charge in [0.25, 0.3) is 5.69 Å². The van der Waals surface area contributed by atoms with Crippen LogP contribution >= 0.6 is 45.8 Å². The van der Waals surface area contributed by atoms with E-state index in [1.54, 1.807) is 18.2 Å². The summed E-state index contributed by atoms with van der Waals surface area (Å²) in [6.45, 7) is 0. The maximum absolute atomic E-state index is 10.9. The number of aromatic nitrogens is 2. The van der Waals surface area contributed by atoms with Crippen LogP contribution in [0.2, 0.25) is 10.3 Å². The van der Waals surface area contributed by atoms with Gasteiger partial charge in [-0.3, -0.25) is 10.1 Å². The summed E-state index contributed by atoms with van der Waals surface area (Å²) in [5.41, 5.74) is 0.188. The summed E-state index contributed by atoms with van der Waals surface area (Å²) < 4.78 is 0.512. The number of nitro groups is 1. The Morgan fingerprint density at radius 2 is 1.72 bits per heavy atom. The Morgan fingerprint density at radius 3 is 2.28 bits per heavy atom. The number of nitro benzene ring substituents is 1. The van der Waals surface area contributed by atoms with Crippen molar-refractivity contribution in [3.63, 3.8) is 0 Å². The van der Waals surface area contributed by atoms with Crippen LogP contribution in [0.4, 0.5) is 5.69 Å². The average molecular weight is 396 g/mol. The molecule has 0 aliphatic heterocycles. The number of hydrogen-bond acceptors (Lipinski definition) is 4. The molecule has 0 aliphatic rings. The highest BCUT2D eigenvalue weighted by Gasteiger charge is 2.18. The average Bonchev–Trinajstić information content (AvgIpc) is 2.35. The summed E-state index contributed by atoms with van der Waals surface area (Å²) in [7, 11) is 0. The molecule has 0 aliphatic carbocycles. The molecule has 0 atom stereocenters. The zero-order chi connectivity index (χ0) is 13.3. The Balaban J connectivity index is 2.66. The standard InChI is InChI=1S/C10H4Cl2IN3O2/c11-8-7(13)9(12)15-10(14-8)5-3-1-2-4-6(5)16(17)18/h1-4H. The molecule has 0 amide bonds. The van der Waals surface area contributed by atoms with E-state index in [1.165, 1.54) is 6.07 Å². The van der Waals surface area contributed by atoms with Crippen molar-refractivity contribution < 1.29 is 4.92 Å². The summed E-state index contributed by atoms with van der Waals surface area (Å²) in [6, 6.07) is 6.15. The number of halogens is 3. The zero-order valence-corrected chi connectivity index (χ0v) is 12.3. The molecule has 0 saturated heterocycles. The molecule has 18 heavy (non-hydrogen) atoms. The van der Waals surface area contributed by atoms with Crippen molar-refractivity contribution >= 4 is 51.5 Å². The third-order valence-corrected chi connectivity index (χ3v) is 4.32. The molecule has 5 nitrogen and oxygen atoms in total. The Morgan fingerprint density at radius 1 is 1.17 bits per heavy atom. The second kappa shape index (κ2) is 5.33. The van der Waals surface area contributed by atoms with Gasteiger partial charge in [-0.25, -0.2) is 9.97 Å². The number of para-hydroxylation sites is 1. The smallest absolute Gasteiger partial charge is 0.258 e. The van der Waals surface area contributed by atoms with Crippen LogP contribution in [0, 0.1) is 13.7 Å². The molecule has 1 aromatic heterocycles. The molecule has 8 heteroatoms. The van der Waals surface area contributed by atoms with Crippen molar-refractivity contribution in [2.24, 2.45) is 0 Å². The van der Waals surface area contributed by atoms with Gasteiger partial charge in [-0.1, -0.05) is 35.3 Å². The van der Waals surface area contributed by atoms with Crippen LogP contribution < -0.4 is 0 Å².